The van der Waals surface area contributed by atoms with Crippen LogP contribution in [-0.4, -0.2) is 25.6 Å². The summed E-state index contributed by atoms with van der Waals surface area (Å²) in [4.78, 5) is 23.6. The normalized spacial score (nSPS) is 10.2. The number of carbonyl (C=O) groups excluding carboxylic acids is 2. The van der Waals surface area contributed by atoms with Gasteiger partial charge in [0.05, 0.1) is 17.1 Å². The highest BCUT2D eigenvalue weighted by Gasteiger charge is 2.11. The lowest BCUT2D eigenvalue weighted by Crippen LogP contribution is -2.21. The first-order valence-electron chi connectivity index (χ1n) is 6.97. The van der Waals surface area contributed by atoms with Crippen molar-refractivity contribution in [3.8, 4) is 5.75 Å². The summed E-state index contributed by atoms with van der Waals surface area (Å²) >= 11 is 3.16. The topological polar surface area (TPSA) is 64.6 Å². The zero-order valence-corrected chi connectivity index (χ0v) is 14.6. The standard InChI is InChI=1S/C17H15BrFNO4/c1-10-3-4-11(17(22)23-2)7-14(10)20-16(21)9-24-15-6-5-12(19)8-13(15)18/h3-8H,9H2,1-2H3,(H,20,21). The molecule has 2 aromatic rings. The van der Waals surface area contributed by atoms with Gasteiger partial charge in [0.1, 0.15) is 11.6 Å². The van der Waals surface area contributed by atoms with Crippen LogP contribution in [0.4, 0.5) is 10.1 Å². The molecule has 1 N–H and O–H groups in total. The van der Waals surface area contributed by atoms with Gasteiger partial charge < -0.3 is 14.8 Å². The molecule has 0 aliphatic carbocycles. The van der Waals surface area contributed by atoms with Crippen molar-refractivity contribution in [3.05, 3.63) is 57.8 Å². The number of amides is 1. The molecule has 0 heterocycles. The van der Waals surface area contributed by atoms with Crippen LogP contribution in [0.5, 0.6) is 5.75 Å². The molecule has 24 heavy (non-hydrogen) atoms. The summed E-state index contributed by atoms with van der Waals surface area (Å²) in [5.74, 6) is -0.950. The molecule has 5 nitrogen and oxygen atoms in total. The van der Waals surface area contributed by atoms with Crippen LogP contribution in [0.1, 0.15) is 15.9 Å². The van der Waals surface area contributed by atoms with E-state index in [0.29, 0.717) is 21.5 Å². The maximum absolute atomic E-state index is 13.0. The van der Waals surface area contributed by atoms with Crippen LogP contribution in [0.25, 0.3) is 0 Å². The predicted octanol–water partition coefficient (Wildman–Crippen LogP) is 3.70. The third kappa shape index (κ3) is 4.55. The van der Waals surface area contributed by atoms with Crippen LogP contribution in [0, 0.1) is 12.7 Å². The Hall–Kier alpha value is -2.41. The van der Waals surface area contributed by atoms with Gasteiger partial charge in [0.25, 0.3) is 5.91 Å². The summed E-state index contributed by atoms with van der Waals surface area (Å²) < 4.78 is 23.4. The van der Waals surface area contributed by atoms with E-state index in [-0.39, 0.29) is 6.61 Å². The van der Waals surface area contributed by atoms with Gasteiger partial charge in [0.2, 0.25) is 0 Å². The number of halogens is 2. The van der Waals surface area contributed by atoms with E-state index in [1.54, 1.807) is 19.1 Å². The lowest BCUT2D eigenvalue weighted by Gasteiger charge is -2.11. The summed E-state index contributed by atoms with van der Waals surface area (Å²) in [6, 6.07) is 8.77. The zero-order valence-electron chi connectivity index (χ0n) is 13.1. The first kappa shape index (κ1) is 17.9. The summed E-state index contributed by atoms with van der Waals surface area (Å²) in [6.07, 6.45) is 0. The fourth-order valence-corrected chi connectivity index (χ4v) is 2.39. The van der Waals surface area contributed by atoms with Gasteiger partial charge in [0.15, 0.2) is 6.61 Å². The molecule has 126 valence electrons. The molecular weight excluding hydrogens is 381 g/mol. The van der Waals surface area contributed by atoms with E-state index in [4.69, 9.17) is 4.74 Å². The van der Waals surface area contributed by atoms with E-state index >= 15 is 0 Å². The molecule has 0 atom stereocenters. The van der Waals surface area contributed by atoms with Crippen LogP contribution in [0.3, 0.4) is 0 Å². The third-order valence-electron chi connectivity index (χ3n) is 3.19. The Balaban J connectivity index is 2.03. The van der Waals surface area contributed by atoms with Crippen molar-refractivity contribution in [2.24, 2.45) is 0 Å². The average molecular weight is 396 g/mol. The van der Waals surface area contributed by atoms with Crippen LogP contribution < -0.4 is 10.1 Å². The van der Waals surface area contributed by atoms with Crippen molar-refractivity contribution < 1.29 is 23.5 Å². The molecule has 0 aromatic heterocycles. The minimum absolute atomic E-state index is 0.258. The second-order valence-electron chi connectivity index (χ2n) is 4.93. The van der Waals surface area contributed by atoms with Crippen molar-refractivity contribution in [3.63, 3.8) is 0 Å². The number of hydrogen-bond donors (Lipinski definition) is 1. The molecule has 2 rings (SSSR count). The number of rotatable bonds is 5. The Labute approximate surface area is 146 Å². The van der Waals surface area contributed by atoms with Crippen molar-refractivity contribution in [2.45, 2.75) is 6.92 Å². The summed E-state index contributed by atoms with van der Waals surface area (Å²) in [5.41, 5.74) is 1.62. The predicted molar refractivity (Wildman–Crippen MR) is 90.7 cm³/mol. The molecule has 2 aromatic carbocycles. The molecule has 0 spiro atoms. The molecule has 0 bridgehead atoms. The third-order valence-corrected chi connectivity index (χ3v) is 3.81. The van der Waals surface area contributed by atoms with E-state index < -0.39 is 17.7 Å². The van der Waals surface area contributed by atoms with Crippen molar-refractivity contribution in [2.75, 3.05) is 19.0 Å². The minimum atomic E-state index is -0.489. The van der Waals surface area contributed by atoms with Crippen molar-refractivity contribution in [1.82, 2.24) is 0 Å². The maximum Gasteiger partial charge on any atom is 0.337 e. The summed E-state index contributed by atoms with van der Waals surface area (Å²) in [6.45, 7) is 1.54. The Morgan fingerprint density at radius 2 is 1.96 bits per heavy atom. The molecule has 0 aliphatic rings. The minimum Gasteiger partial charge on any atom is -0.483 e. The quantitative estimate of drug-likeness (QED) is 0.783. The smallest absolute Gasteiger partial charge is 0.337 e. The number of esters is 1. The number of anilines is 1. The number of methoxy groups -OCH3 is 1. The average Bonchev–Trinajstić information content (AvgIpc) is 2.55. The molecule has 0 aliphatic heterocycles. The van der Waals surface area contributed by atoms with E-state index in [2.05, 4.69) is 26.0 Å². The largest absolute Gasteiger partial charge is 0.483 e. The molecular formula is C17H15BrFNO4. The van der Waals surface area contributed by atoms with Crippen LogP contribution in [0.2, 0.25) is 0 Å². The van der Waals surface area contributed by atoms with E-state index in [0.717, 1.165) is 5.56 Å². The van der Waals surface area contributed by atoms with Gasteiger partial charge in [-0.25, -0.2) is 9.18 Å². The maximum atomic E-state index is 13.0. The van der Waals surface area contributed by atoms with Crippen LogP contribution in [-0.2, 0) is 9.53 Å². The number of hydrogen-bond acceptors (Lipinski definition) is 4. The molecule has 0 saturated carbocycles. The Kier molecular flexibility index (Phi) is 5.92. The number of nitrogens with one attached hydrogen (secondary N) is 1. The van der Waals surface area contributed by atoms with Gasteiger partial charge in [0, 0.05) is 5.69 Å². The second kappa shape index (κ2) is 7.92. The first-order valence-corrected chi connectivity index (χ1v) is 7.76. The van der Waals surface area contributed by atoms with Gasteiger partial charge >= 0.3 is 5.97 Å². The highest BCUT2D eigenvalue weighted by molar-refractivity contribution is 9.10. The number of carbonyl (C=O) groups is 2. The highest BCUT2D eigenvalue weighted by atomic mass is 79.9. The van der Waals surface area contributed by atoms with E-state index in [1.807, 2.05) is 0 Å². The molecule has 0 radical (unpaired) electrons. The van der Waals surface area contributed by atoms with Gasteiger partial charge in [-0.1, -0.05) is 6.07 Å². The lowest BCUT2D eigenvalue weighted by atomic mass is 10.1. The second-order valence-corrected chi connectivity index (χ2v) is 5.79. The number of ether oxygens (including phenoxy) is 2. The van der Waals surface area contributed by atoms with Gasteiger partial charge in [-0.15, -0.1) is 0 Å². The monoisotopic (exact) mass is 395 g/mol. The number of benzene rings is 2. The Morgan fingerprint density at radius 3 is 2.62 bits per heavy atom. The van der Waals surface area contributed by atoms with Gasteiger partial charge in [-0.2, -0.15) is 0 Å². The summed E-state index contributed by atoms with van der Waals surface area (Å²) in [7, 11) is 1.29. The fraction of sp³-hybridized carbons (Fsp3) is 0.176. The zero-order chi connectivity index (χ0) is 17.7. The van der Waals surface area contributed by atoms with Crippen LogP contribution in [0.15, 0.2) is 40.9 Å². The van der Waals surface area contributed by atoms with Gasteiger partial charge in [-0.05, 0) is 58.7 Å². The van der Waals surface area contributed by atoms with E-state index in [9.17, 15) is 14.0 Å². The Morgan fingerprint density at radius 1 is 1.21 bits per heavy atom. The van der Waals surface area contributed by atoms with Crippen molar-refractivity contribution >= 4 is 33.5 Å². The first-order chi connectivity index (χ1) is 11.4. The molecule has 0 unspecified atom stereocenters. The van der Waals surface area contributed by atoms with Crippen LogP contribution >= 0.6 is 15.9 Å². The van der Waals surface area contributed by atoms with E-state index in [1.165, 1.54) is 31.4 Å². The van der Waals surface area contributed by atoms with Crippen molar-refractivity contribution in [1.29, 1.82) is 0 Å². The molecule has 0 fully saturated rings. The molecule has 0 saturated heterocycles. The lowest BCUT2D eigenvalue weighted by molar-refractivity contribution is -0.118. The molecule has 7 heteroatoms. The SMILES string of the molecule is COC(=O)c1ccc(C)c(NC(=O)COc2ccc(F)cc2Br)c1. The summed E-state index contributed by atoms with van der Waals surface area (Å²) in [5, 5.41) is 2.67. The Bertz CT molecular complexity index is 779. The molecule has 1 amide bonds. The van der Waals surface area contributed by atoms with Gasteiger partial charge in [-0.3, -0.25) is 4.79 Å². The fourth-order valence-electron chi connectivity index (χ4n) is 1.92. The number of aryl methyl sites for hydroxylation is 1. The highest BCUT2D eigenvalue weighted by Crippen LogP contribution is 2.25.